The first-order chi connectivity index (χ1) is 10.2. The third-order valence-electron chi connectivity index (χ3n) is 6.08. The quantitative estimate of drug-likeness (QED) is 0.813. The highest BCUT2D eigenvalue weighted by Gasteiger charge is 2.51. The monoisotopic (exact) mass is 288 g/mol. The normalized spacial score (nSPS) is 37.3. The van der Waals surface area contributed by atoms with Crippen LogP contribution in [0.5, 0.6) is 0 Å². The van der Waals surface area contributed by atoms with Crippen LogP contribution in [-0.4, -0.2) is 18.1 Å². The summed E-state index contributed by atoms with van der Waals surface area (Å²) in [6.45, 7) is 4.11. The van der Waals surface area contributed by atoms with Gasteiger partial charge in [-0.2, -0.15) is 0 Å². The molecule has 0 saturated heterocycles. The zero-order valence-corrected chi connectivity index (χ0v) is 13.2. The molecule has 0 amide bonds. The first kappa shape index (κ1) is 13.8. The van der Waals surface area contributed by atoms with E-state index in [0.29, 0.717) is 5.41 Å². The van der Waals surface area contributed by atoms with Crippen molar-refractivity contribution in [1.82, 2.24) is 10.3 Å². The van der Waals surface area contributed by atoms with Crippen LogP contribution >= 0.6 is 0 Å². The third-order valence-corrected chi connectivity index (χ3v) is 6.08. The maximum atomic E-state index is 6.02. The lowest BCUT2D eigenvalue weighted by atomic mass is 9.49. The van der Waals surface area contributed by atoms with Gasteiger partial charge in [-0.25, -0.2) is 4.98 Å². The van der Waals surface area contributed by atoms with E-state index in [1.54, 1.807) is 0 Å². The Labute approximate surface area is 127 Å². The van der Waals surface area contributed by atoms with Crippen LogP contribution in [0.3, 0.4) is 0 Å². The molecule has 4 bridgehead atoms. The molecule has 1 N–H and O–H groups in total. The minimum absolute atomic E-state index is 0.563. The number of rotatable bonds is 6. The van der Waals surface area contributed by atoms with E-state index in [-0.39, 0.29) is 0 Å². The number of likely N-dealkylation sites (N-methyl/N-ethyl adjacent to an activating group) is 1. The van der Waals surface area contributed by atoms with Gasteiger partial charge in [-0.3, -0.25) is 0 Å². The summed E-state index contributed by atoms with van der Waals surface area (Å²) in [4.78, 5) is 4.48. The van der Waals surface area contributed by atoms with Gasteiger partial charge in [-0.1, -0.05) is 6.92 Å². The van der Waals surface area contributed by atoms with Crippen molar-refractivity contribution in [1.29, 1.82) is 0 Å². The summed E-state index contributed by atoms with van der Waals surface area (Å²) in [6, 6.07) is 0. The fraction of sp³-hybridized carbons (Fsp3) is 0.833. The zero-order chi connectivity index (χ0) is 14.3. The maximum absolute atomic E-state index is 6.02. The van der Waals surface area contributed by atoms with Crippen molar-refractivity contribution in [2.75, 3.05) is 13.1 Å². The number of hydrogen-bond acceptors (Lipinski definition) is 3. The van der Waals surface area contributed by atoms with Gasteiger partial charge in [0, 0.05) is 19.4 Å². The lowest BCUT2D eigenvalue weighted by Crippen LogP contribution is -2.46. The number of hydrogen-bond donors (Lipinski definition) is 1. The molecule has 3 nitrogen and oxygen atoms in total. The van der Waals surface area contributed by atoms with Crippen LogP contribution in [0.4, 0.5) is 0 Å². The largest absolute Gasteiger partial charge is 0.446 e. The Morgan fingerprint density at radius 3 is 2.48 bits per heavy atom. The summed E-state index contributed by atoms with van der Waals surface area (Å²) in [7, 11) is 0. The van der Waals surface area contributed by atoms with Crippen LogP contribution in [0.2, 0.25) is 0 Å². The molecule has 0 aromatic carbocycles. The van der Waals surface area contributed by atoms with Gasteiger partial charge < -0.3 is 9.73 Å². The van der Waals surface area contributed by atoms with Gasteiger partial charge in [0.25, 0.3) is 0 Å². The van der Waals surface area contributed by atoms with Gasteiger partial charge in [-0.05, 0) is 68.2 Å². The molecule has 116 valence electrons. The minimum Gasteiger partial charge on any atom is -0.446 e. The summed E-state index contributed by atoms with van der Waals surface area (Å²) in [6.07, 6.45) is 13.0. The Bertz CT molecular complexity index is 458. The van der Waals surface area contributed by atoms with Gasteiger partial charge in [0.05, 0.1) is 6.20 Å². The van der Waals surface area contributed by atoms with E-state index in [1.807, 2.05) is 6.20 Å². The highest BCUT2D eigenvalue weighted by Crippen LogP contribution is 2.61. The lowest BCUT2D eigenvalue weighted by Gasteiger charge is -2.56. The second kappa shape index (κ2) is 5.42. The summed E-state index contributed by atoms with van der Waals surface area (Å²) in [5, 5.41) is 3.33. The van der Waals surface area contributed by atoms with Gasteiger partial charge in [-0.15, -0.1) is 0 Å². The Balaban J connectivity index is 1.41. The average molecular weight is 288 g/mol. The van der Waals surface area contributed by atoms with Crippen LogP contribution in [0, 0.1) is 23.2 Å². The predicted octanol–water partition coefficient (Wildman–Crippen LogP) is 3.59. The van der Waals surface area contributed by atoms with E-state index in [0.717, 1.165) is 55.3 Å². The standard InChI is InChI=1S/C18H28N2O/c1-2-19-4-3-17-20-12-16(21-17)11-18-8-13-5-14(9-18)7-15(6-13)10-18/h12-15,19H,2-11H2,1H3. The molecular formula is C18H28N2O. The van der Waals surface area contributed by atoms with Crippen molar-refractivity contribution in [2.45, 2.75) is 58.3 Å². The molecular weight excluding hydrogens is 260 g/mol. The topological polar surface area (TPSA) is 38.1 Å². The van der Waals surface area contributed by atoms with Gasteiger partial charge in [0.1, 0.15) is 5.76 Å². The molecule has 0 radical (unpaired) electrons. The lowest BCUT2D eigenvalue weighted by molar-refractivity contribution is -0.0545. The molecule has 1 heterocycles. The first-order valence-electron chi connectivity index (χ1n) is 8.89. The summed E-state index contributed by atoms with van der Waals surface area (Å²) < 4.78 is 6.02. The van der Waals surface area contributed by atoms with Crippen LogP contribution in [0.25, 0.3) is 0 Å². The Morgan fingerprint density at radius 1 is 1.19 bits per heavy atom. The zero-order valence-electron chi connectivity index (χ0n) is 13.2. The summed E-state index contributed by atoms with van der Waals surface area (Å²) >= 11 is 0. The van der Waals surface area contributed by atoms with E-state index in [4.69, 9.17) is 4.42 Å². The van der Waals surface area contributed by atoms with Crippen molar-refractivity contribution in [3.8, 4) is 0 Å². The fourth-order valence-electron chi connectivity index (χ4n) is 5.79. The van der Waals surface area contributed by atoms with Crippen molar-refractivity contribution in [3.63, 3.8) is 0 Å². The van der Waals surface area contributed by atoms with Crippen molar-refractivity contribution < 1.29 is 4.42 Å². The molecule has 4 aliphatic carbocycles. The highest BCUT2D eigenvalue weighted by molar-refractivity contribution is 5.07. The second-order valence-electron chi connectivity index (χ2n) is 7.92. The molecule has 21 heavy (non-hydrogen) atoms. The Morgan fingerprint density at radius 2 is 1.86 bits per heavy atom. The van der Waals surface area contributed by atoms with Crippen LogP contribution in [0.1, 0.15) is 57.1 Å². The van der Waals surface area contributed by atoms with Crippen LogP contribution in [-0.2, 0) is 12.8 Å². The Hall–Kier alpha value is -0.830. The van der Waals surface area contributed by atoms with E-state index >= 15 is 0 Å². The minimum atomic E-state index is 0.563. The molecule has 5 rings (SSSR count). The fourth-order valence-corrected chi connectivity index (χ4v) is 5.79. The first-order valence-corrected chi connectivity index (χ1v) is 8.89. The van der Waals surface area contributed by atoms with E-state index in [9.17, 15) is 0 Å². The van der Waals surface area contributed by atoms with Crippen molar-refractivity contribution in [2.24, 2.45) is 23.2 Å². The molecule has 1 aromatic rings. The van der Waals surface area contributed by atoms with Crippen LogP contribution < -0.4 is 5.32 Å². The molecule has 3 heteroatoms. The summed E-state index contributed by atoms with van der Waals surface area (Å²) in [5.74, 6) is 5.12. The molecule has 4 aliphatic rings. The van der Waals surface area contributed by atoms with Crippen molar-refractivity contribution in [3.05, 3.63) is 17.8 Å². The van der Waals surface area contributed by atoms with Gasteiger partial charge in [0.2, 0.25) is 0 Å². The number of nitrogens with one attached hydrogen (secondary N) is 1. The molecule has 0 atom stereocenters. The molecule has 0 unspecified atom stereocenters. The predicted molar refractivity (Wildman–Crippen MR) is 83.1 cm³/mol. The molecule has 1 aromatic heterocycles. The second-order valence-corrected chi connectivity index (χ2v) is 7.92. The molecule has 4 fully saturated rings. The number of aromatic nitrogens is 1. The summed E-state index contributed by atoms with van der Waals surface area (Å²) in [5.41, 5.74) is 0.563. The molecule has 0 spiro atoms. The van der Waals surface area contributed by atoms with Gasteiger partial charge in [0.15, 0.2) is 5.89 Å². The molecule has 4 saturated carbocycles. The van der Waals surface area contributed by atoms with Gasteiger partial charge >= 0.3 is 0 Å². The Kier molecular flexibility index (Phi) is 3.56. The molecule has 0 aliphatic heterocycles. The van der Waals surface area contributed by atoms with E-state index in [2.05, 4.69) is 17.2 Å². The van der Waals surface area contributed by atoms with E-state index < -0.39 is 0 Å². The maximum Gasteiger partial charge on any atom is 0.195 e. The smallest absolute Gasteiger partial charge is 0.195 e. The van der Waals surface area contributed by atoms with E-state index in [1.165, 1.54) is 38.5 Å². The average Bonchev–Trinajstić information content (AvgIpc) is 2.84. The SMILES string of the molecule is CCNCCc1ncc(CC23CC4CC(CC(C4)C2)C3)o1. The highest BCUT2D eigenvalue weighted by atomic mass is 16.4. The third kappa shape index (κ3) is 2.77. The number of oxazole rings is 1. The number of nitrogens with zero attached hydrogens (tertiary/aromatic N) is 1. The van der Waals surface area contributed by atoms with Crippen molar-refractivity contribution >= 4 is 0 Å². The van der Waals surface area contributed by atoms with Crippen LogP contribution in [0.15, 0.2) is 10.6 Å².